The number of carbonyl (C=O) groups excluding carboxylic acids is 3. The predicted octanol–water partition coefficient (Wildman–Crippen LogP) is 6.42. The average molecular weight is 643 g/mol. The Kier molecular flexibility index (Phi) is 17.6. The van der Waals surface area contributed by atoms with E-state index in [1.54, 1.807) is 13.8 Å². The average Bonchev–Trinajstić information content (AvgIpc) is 2.98. The standard InChI is InChI=1S/C12H14F2O2.C11H12F2O2.C10H10F2O2/c1-3-9(12(15)7-16-2)10-5-4-8(13)6-11(10)14;1-2-8(11(15)6-14)9-4-3-7(12)5-10(9)13;1-14-6-9(13)4-7-2-3-8(11)5-10(7)12/h4-6,9H,3,7H2,1-2H3;3-5,8,14H,2,6H2,1H3;2-3,5H,4,6H2,1H3. The zero-order valence-electron chi connectivity index (χ0n) is 25.3. The molecule has 3 rings (SSSR count). The second-order valence-electron chi connectivity index (χ2n) is 9.66. The lowest BCUT2D eigenvalue weighted by Gasteiger charge is -2.14. The number of halogens is 6. The first kappa shape index (κ1) is 39.2. The molecule has 6 nitrogen and oxygen atoms in total. The Morgan fingerprint density at radius 1 is 0.644 bits per heavy atom. The van der Waals surface area contributed by atoms with Crippen LogP contribution in [0.4, 0.5) is 26.3 Å². The summed E-state index contributed by atoms with van der Waals surface area (Å²) in [5.41, 5.74) is 0.553. The largest absolute Gasteiger partial charge is 0.389 e. The third-order valence-electron chi connectivity index (χ3n) is 6.42. The highest BCUT2D eigenvalue weighted by atomic mass is 19.2. The topological polar surface area (TPSA) is 89.9 Å². The second-order valence-corrected chi connectivity index (χ2v) is 9.66. The number of aliphatic hydroxyl groups is 1. The van der Waals surface area contributed by atoms with Crippen molar-refractivity contribution < 1.29 is 55.3 Å². The number of methoxy groups -OCH3 is 2. The van der Waals surface area contributed by atoms with Crippen LogP contribution in [0.2, 0.25) is 0 Å². The van der Waals surface area contributed by atoms with Gasteiger partial charge in [-0.15, -0.1) is 0 Å². The van der Waals surface area contributed by atoms with Gasteiger partial charge in [-0.3, -0.25) is 14.4 Å². The molecule has 3 aromatic rings. The zero-order valence-corrected chi connectivity index (χ0v) is 25.3. The first-order chi connectivity index (χ1) is 21.3. The van der Waals surface area contributed by atoms with Crippen molar-refractivity contribution in [2.75, 3.05) is 34.0 Å². The molecule has 0 spiro atoms. The van der Waals surface area contributed by atoms with Gasteiger partial charge in [0, 0.05) is 50.7 Å². The molecule has 0 bridgehead atoms. The molecule has 45 heavy (non-hydrogen) atoms. The Morgan fingerprint density at radius 3 is 1.44 bits per heavy atom. The molecule has 0 aliphatic heterocycles. The lowest BCUT2D eigenvalue weighted by atomic mass is 9.92. The van der Waals surface area contributed by atoms with E-state index in [0.717, 1.165) is 36.4 Å². The number of benzene rings is 3. The number of hydrogen-bond donors (Lipinski definition) is 1. The maximum absolute atomic E-state index is 13.5. The molecule has 0 saturated heterocycles. The van der Waals surface area contributed by atoms with E-state index in [9.17, 15) is 40.7 Å². The van der Waals surface area contributed by atoms with Crippen molar-refractivity contribution in [2.45, 2.75) is 44.9 Å². The molecule has 0 aromatic heterocycles. The predicted molar refractivity (Wildman–Crippen MR) is 155 cm³/mol. The van der Waals surface area contributed by atoms with Crippen LogP contribution in [0.1, 0.15) is 55.2 Å². The number of ketones is 3. The van der Waals surface area contributed by atoms with E-state index in [1.165, 1.54) is 32.4 Å². The van der Waals surface area contributed by atoms with Crippen LogP contribution in [-0.2, 0) is 30.3 Å². The molecule has 0 aliphatic carbocycles. The minimum absolute atomic E-state index is 0.0587. The van der Waals surface area contributed by atoms with Gasteiger partial charge < -0.3 is 14.6 Å². The number of carbonyl (C=O) groups is 3. The molecule has 12 heteroatoms. The minimum atomic E-state index is -0.747. The molecule has 1 N–H and O–H groups in total. The highest BCUT2D eigenvalue weighted by Gasteiger charge is 2.22. The fourth-order valence-corrected chi connectivity index (χ4v) is 4.25. The summed E-state index contributed by atoms with van der Waals surface area (Å²) in [4.78, 5) is 34.0. The van der Waals surface area contributed by atoms with E-state index < -0.39 is 59.1 Å². The van der Waals surface area contributed by atoms with Crippen molar-refractivity contribution in [3.8, 4) is 0 Å². The molecule has 2 atom stereocenters. The van der Waals surface area contributed by atoms with Gasteiger partial charge in [0.15, 0.2) is 17.3 Å². The maximum atomic E-state index is 13.5. The normalized spacial score (nSPS) is 11.8. The second kappa shape index (κ2) is 20.2. The first-order valence-corrected chi connectivity index (χ1v) is 13.8. The van der Waals surface area contributed by atoms with Crippen LogP contribution in [0.15, 0.2) is 54.6 Å². The van der Waals surface area contributed by atoms with Crippen LogP contribution in [0, 0.1) is 34.9 Å². The van der Waals surface area contributed by atoms with Crippen molar-refractivity contribution >= 4 is 17.3 Å². The summed E-state index contributed by atoms with van der Waals surface area (Å²) < 4.78 is 86.9. The van der Waals surface area contributed by atoms with Crippen molar-refractivity contribution in [1.29, 1.82) is 0 Å². The molecule has 3 aromatic carbocycles. The van der Waals surface area contributed by atoms with Crippen molar-refractivity contribution in [2.24, 2.45) is 0 Å². The van der Waals surface area contributed by atoms with Gasteiger partial charge in [0.2, 0.25) is 0 Å². The van der Waals surface area contributed by atoms with Crippen molar-refractivity contribution in [3.63, 3.8) is 0 Å². The molecule has 2 unspecified atom stereocenters. The van der Waals surface area contributed by atoms with Crippen LogP contribution < -0.4 is 0 Å². The molecular weight excluding hydrogens is 606 g/mol. The van der Waals surface area contributed by atoms with Gasteiger partial charge in [-0.25, -0.2) is 26.3 Å². The number of hydrogen-bond acceptors (Lipinski definition) is 6. The number of Topliss-reactive ketones (excluding diaryl/α,β-unsaturated/α-hetero) is 3. The lowest BCUT2D eigenvalue weighted by Crippen LogP contribution is -2.18. The first-order valence-electron chi connectivity index (χ1n) is 13.8. The third kappa shape index (κ3) is 12.9. The van der Waals surface area contributed by atoms with Gasteiger partial charge in [0.05, 0.1) is 0 Å². The molecular formula is C33H36F6O6. The summed E-state index contributed by atoms with van der Waals surface area (Å²) in [5, 5.41) is 8.70. The van der Waals surface area contributed by atoms with Crippen LogP contribution >= 0.6 is 0 Å². The summed E-state index contributed by atoms with van der Waals surface area (Å²) in [6, 6.07) is 9.48. The maximum Gasteiger partial charge on any atom is 0.165 e. The number of ether oxygens (including phenoxy) is 2. The highest BCUT2D eigenvalue weighted by molar-refractivity contribution is 5.87. The Morgan fingerprint density at radius 2 is 1.07 bits per heavy atom. The van der Waals surface area contributed by atoms with Crippen molar-refractivity contribution in [3.05, 3.63) is 106 Å². The Labute approximate surface area is 258 Å². The Bertz CT molecular complexity index is 1410. The number of rotatable bonds is 13. The summed E-state index contributed by atoms with van der Waals surface area (Å²) in [5.74, 6) is -6.26. The Hall–Kier alpha value is -3.87. The molecule has 0 radical (unpaired) electrons. The van der Waals surface area contributed by atoms with Gasteiger partial charge in [-0.1, -0.05) is 32.0 Å². The van der Waals surface area contributed by atoms with E-state index in [4.69, 9.17) is 9.84 Å². The van der Waals surface area contributed by atoms with E-state index in [-0.39, 0.29) is 47.9 Å². The minimum Gasteiger partial charge on any atom is -0.389 e. The molecule has 246 valence electrons. The van der Waals surface area contributed by atoms with Crippen LogP contribution in [0.25, 0.3) is 0 Å². The van der Waals surface area contributed by atoms with Gasteiger partial charge in [-0.05, 0) is 47.7 Å². The van der Waals surface area contributed by atoms with Gasteiger partial charge in [0.25, 0.3) is 0 Å². The molecule has 0 heterocycles. The SMILES string of the molecule is CCC(C(=O)CO)c1ccc(F)cc1F.CCC(C(=O)COC)c1ccc(F)cc1F.COCC(=O)Cc1ccc(F)cc1F. The molecule has 0 saturated carbocycles. The van der Waals surface area contributed by atoms with Gasteiger partial charge in [0.1, 0.15) is 54.7 Å². The van der Waals surface area contributed by atoms with Gasteiger partial charge in [-0.2, -0.15) is 0 Å². The highest BCUT2D eigenvalue weighted by Crippen LogP contribution is 2.25. The van der Waals surface area contributed by atoms with Crippen LogP contribution in [0.5, 0.6) is 0 Å². The molecule has 0 fully saturated rings. The fourth-order valence-electron chi connectivity index (χ4n) is 4.25. The molecule has 0 amide bonds. The van der Waals surface area contributed by atoms with Crippen LogP contribution in [0.3, 0.4) is 0 Å². The third-order valence-corrected chi connectivity index (χ3v) is 6.42. The summed E-state index contributed by atoms with van der Waals surface area (Å²) >= 11 is 0. The van der Waals surface area contributed by atoms with Gasteiger partial charge >= 0.3 is 0 Å². The fraction of sp³-hybridized carbons (Fsp3) is 0.364. The van der Waals surface area contributed by atoms with E-state index >= 15 is 0 Å². The van der Waals surface area contributed by atoms with Crippen LogP contribution in [-0.4, -0.2) is 56.5 Å². The molecule has 0 aliphatic rings. The van der Waals surface area contributed by atoms with E-state index in [0.29, 0.717) is 12.8 Å². The monoisotopic (exact) mass is 642 g/mol. The quantitative estimate of drug-likeness (QED) is 0.217. The zero-order chi connectivity index (χ0) is 34.1. The lowest BCUT2D eigenvalue weighted by molar-refractivity contribution is -0.124. The summed E-state index contributed by atoms with van der Waals surface area (Å²) in [6.45, 7) is 2.74. The van der Waals surface area contributed by atoms with E-state index in [1.807, 2.05) is 0 Å². The smallest absolute Gasteiger partial charge is 0.165 e. The summed E-state index contributed by atoms with van der Waals surface area (Å²) in [6.07, 6.45) is 0.770. The van der Waals surface area contributed by atoms with E-state index in [2.05, 4.69) is 4.74 Å². The van der Waals surface area contributed by atoms with Crippen molar-refractivity contribution in [1.82, 2.24) is 0 Å². The number of aliphatic hydroxyl groups excluding tert-OH is 1. The summed E-state index contributed by atoms with van der Waals surface area (Å²) in [7, 11) is 2.80. The Balaban J connectivity index is 0.000000338.